The minimum absolute atomic E-state index is 0.170. The summed E-state index contributed by atoms with van der Waals surface area (Å²) in [5.74, 6) is -0.501. The molecule has 0 bridgehead atoms. The Morgan fingerprint density at radius 1 is 1.36 bits per heavy atom. The zero-order valence-corrected chi connectivity index (χ0v) is 14.7. The Balaban J connectivity index is 1.83. The Morgan fingerprint density at radius 2 is 2.16 bits per heavy atom. The molecule has 1 aromatic rings. The van der Waals surface area contributed by atoms with E-state index in [-0.39, 0.29) is 29.4 Å². The quantitative estimate of drug-likeness (QED) is 0.843. The van der Waals surface area contributed by atoms with Crippen molar-refractivity contribution in [3.05, 3.63) is 35.4 Å². The van der Waals surface area contributed by atoms with Crippen LogP contribution < -0.4 is 5.14 Å². The molecule has 1 amide bonds. The summed E-state index contributed by atoms with van der Waals surface area (Å²) in [5, 5.41) is 5.08. The van der Waals surface area contributed by atoms with Crippen molar-refractivity contribution in [3.63, 3.8) is 0 Å². The predicted octanol–water partition coefficient (Wildman–Crippen LogP) is 0.685. The minimum Gasteiger partial charge on any atom is -0.377 e. The lowest BCUT2D eigenvalue weighted by atomic mass is 9.94. The van der Waals surface area contributed by atoms with Crippen LogP contribution in [0.1, 0.15) is 35.2 Å². The molecule has 1 aliphatic heterocycles. The fourth-order valence-corrected chi connectivity index (χ4v) is 4.29. The molecule has 2 unspecified atom stereocenters. The van der Waals surface area contributed by atoms with Crippen molar-refractivity contribution in [1.82, 2.24) is 4.90 Å². The van der Waals surface area contributed by atoms with Gasteiger partial charge in [0.2, 0.25) is 10.0 Å². The molecule has 2 N–H and O–H groups in total. The van der Waals surface area contributed by atoms with Crippen molar-refractivity contribution in [2.45, 2.75) is 31.1 Å². The van der Waals surface area contributed by atoms with Gasteiger partial charge in [-0.1, -0.05) is 12.1 Å². The molecule has 8 heteroatoms. The van der Waals surface area contributed by atoms with Gasteiger partial charge in [-0.2, -0.15) is 0 Å². The van der Waals surface area contributed by atoms with Crippen LogP contribution in [0, 0.1) is 5.92 Å². The van der Waals surface area contributed by atoms with Crippen molar-refractivity contribution in [2.24, 2.45) is 11.1 Å². The second kappa shape index (κ2) is 7.23. The van der Waals surface area contributed by atoms with Gasteiger partial charge in [0, 0.05) is 24.4 Å². The van der Waals surface area contributed by atoms with E-state index in [0.29, 0.717) is 37.3 Å². The van der Waals surface area contributed by atoms with Gasteiger partial charge in [-0.25, -0.2) is 13.6 Å². The molecule has 7 nitrogen and oxygen atoms in total. The Kier molecular flexibility index (Phi) is 5.21. The number of sulfonamides is 1. The van der Waals surface area contributed by atoms with Crippen LogP contribution in [-0.2, 0) is 25.3 Å². The van der Waals surface area contributed by atoms with Crippen LogP contribution in [0.25, 0.3) is 0 Å². The van der Waals surface area contributed by atoms with Gasteiger partial charge in [0.1, 0.15) is 5.78 Å². The Labute approximate surface area is 147 Å². The fraction of sp³-hybridized carbons (Fsp3) is 0.529. The summed E-state index contributed by atoms with van der Waals surface area (Å²) < 4.78 is 28.1. The number of primary sulfonamides is 1. The van der Waals surface area contributed by atoms with E-state index >= 15 is 0 Å². The molecule has 1 saturated heterocycles. The smallest absolute Gasteiger partial charge is 0.254 e. The van der Waals surface area contributed by atoms with Gasteiger partial charge in [-0.05, 0) is 30.5 Å². The minimum atomic E-state index is -3.67. The van der Waals surface area contributed by atoms with Crippen LogP contribution in [0.5, 0.6) is 0 Å². The molecule has 136 valence electrons. The number of nitrogens with two attached hydrogens (primary N) is 1. The molecule has 2 atom stereocenters. The highest BCUT2D eigenvalue weighted by molar-refractivity contribution is 7.88. The number of carbonyl (C=O) groups is 2. The van der Waals surface area contributed by atoms with Crippen molar-refractivity contribution in [2.75, 3.05) is 19.8 Å². The lowest BCUT2D eigenvalue weighted by Crippen LogP contribution is -2.53. The van der Waals surface area contributed by atoms with E-state index in [1.807, 2.05) is 0 Å². The van der Waals surface area contributed by atoms with Gasteiger partial charge in [-0.3, -0.25) is 9.59 Å². The number of amides is 1. The first-order valence-electron chi connectivity index (χ1n) is 8.36. The van der Waals surface area contributed by atoms with E-state index in [1.165, 1.54) is 0 Å². The van der Waals surface area contributed by atoms with E-state index in [4.69, 9.17) is 9.88 Å². The molecular weight excluding hydrogens is 344 g/mol. The van der Waals surface area contributed by atoms with Crippen LogP contribution in [0.4, 0.5) is 0 Å². The van der Waals surface area contributed by atoms with Gasteiger partial charge in [0.25, 0.3) is 5.91 Å². The second-order valence-electron chi connectivity index (χ2n) is 6.61. The standard InChI is InChI=1S/C17H22N2O5S/c18-25(22,23)11-12-3-1-4-13(9-12)17(21)19-7-8-24-10-15(19)14-5-2-6-16(14)20/h1,3-4,9,14-15H,2,5-8,10-11H2,(H2,18,22,23). The van der Waals surface area contributed by atoms with Crippen molar-refractivity contribution in [1.29, 1.82) is 0 Å². The Morgan fingerprint density at radius 3 is 2.84 bits per heavy atom. The zero-order chi connectivity index (χ0) is 18.0. The SMILES string of the molecule is NS(=O)(=O)Cc1cccc(C(=O)N2CCOCC2C2CCCC2=O)c1. The molecule has 3 rings (SSSR count). The third-order valence-corrected chi connectivity index (χ3v) is 5.52. The van der Waals surface area contributed by atoms with Gasteiger partial charge in [0.15, 0.2) is 0 Å². The van der Waals surface area contributed by atoms with Crippen molar-refractivity contribution in [3.8, 4) is 0 Å². The monoisotopic (exact) mass is 366 g/mol. The lowest BCUT2D eigenvalue weighted by molar-refractivity contribution is -0.124. The number of ketones is 1. The number of hydrogen-bond donors (Lipinski definition) is 1. The predicted molar refractivity (Wildman–Crippen MR) is 91.2 cm³/mol. The highest BCUT2D eigenvalue weighted by Gasteiger charge is 2.39. The van der Waals surface area contributed by atoms with Gasteiger partial charge < -0.3 is 9.64 Å². The third-order valence-electron chi connectivity index (χ3n) is 4.78. The summed E-state index contributed by atoms with van der Waals surface area (Å²) in [6.45, 7) is 1.21. The average Bonchev–Trinajstić information content (AvgIpc) is 2.99. The van der Waals surface area contributed by atoms with E-state index in [1.54, 1.807) is 29.2 Å². The van der Waals surface area contributed by atoms with Crippen molar-refractivity contribution >= 4 is 21.7 Å². The molecule has 0 spiro atoms. The highest BCUT2D eigenvalue weighted by atomic mass is 32.2. The number of ether oxygens (including phenoxy) is 1. The maximum absolute atomic E-state index is 13.0. The number of rotatable bonds is 4. The zero-order valence-electron chi connectivity index (χ0n) is 13.9. The topological polar surface area (TPSA) is 107 Å². The Bertz CT molecular complexity index is 777. The number of hydrogen-bond acceptors (Lipinski definition) is 5. The molecule has 2 aliphatic rings. The summed E-state index contributed by atoms with van der Waals surface area (Å²) in [6, 6.07) is 6.22. The summed E-state index contributed by atoms with van der Waals surface area (Å²) in [4.78, 5) is 26.8. The summed E-state index contributed by atoms with van der Waals surface area (Å²) in [6.07, 6.45) is 2.20. The molecule has 2 fully saturated rings. The van der Waals surface area contributed by atoms with E-state index in [9.17, 15) is 18.0 Å². The summed E-state index contributed by atoms with van der Waals surface area (Å²) in [5.41, 5.74) is 0.869. The fourth-order valence-electron chi connectivity index (χ4n) is 3.65. The maximum Gasteiger partial charge on any atom is 0.254 e. The third kappa shape index (κ3) is 4.26. The van der Waals surface area contributed by atoms with Crippen LogP contribution in [0.15, 0.2) is 24.3 Å². The number of nitrogens with zero attached hydrogens (tertiary/aromatic N) is 1. The molecular formula is C17H22N2O5S. The molecule has 25 heavy (non-hydrogen) atoms. The van der Waals surface area contributed by atoms with Crippen LogP contribution in [0.2, 0.25) is 0 Å². The van der Waals surface area contributed by atoms with Crippen LogP contribution in [0.3, 0.4) is 0 Å². The normalized spacial score (nSPS) is 24.5. The van der Waals surface area contributed by atoms with E-state index in [0.717, 1.165) is 12.8 Å². The van der Waals surface area contributed by atoms with E-state index < -0.39 is 10.0 Å². The molecule has 1 heterocycles. The first-order chi connectivity index (χ1) is 11.8. The van der Waals surface area contributed by atoms with Crippen LogP contribution in [-0.4, -0.2) is 50.8 Å². The largest absolute Gasteiger partial charge is 0.377 e. The summed E-state index contributed by atoms with van der Waals surface area (Å²) >= 11 is 0. The molecule has 1 aromatic carbocycles. The first-order valence-corrected chi connectivity index (χ1v) is 10.1. The number of Topliss-reactive ketones (excluding diaryl/α,β-unsaturated/α-hetero) is 1. The average molecular weight is 366 g/mol. The number of morpholine rings is 1. The first kappa shape index (κ1) is 18.0. The van der Waals surface area contributed by atoms with Gasteiger partial charge in [-0.15, -0.1) is 0 Å². The second-order valence-corrected chi connectivity index (χ2v) is 8.23. The van der Waals surface area contributed by atoms with Gasteiger partial charge in [0.05, 0.1) is 25.0 Å². The highest BCUT2D eigenvalue weighted by Crippen LogP contribution is 2.30. The summed E-state index contributed by atoms with van der Waals surface area (Å²) in [7, 11) is -3.67. The molecule has 1 saturated carbocycles. The number of carbonyl (C=O) groups excluding carboxylic acids is 2. The molecule has 1 aliphatic carbocycles. The Hall–Kier alpha value is -1.77. The lowest BCUT2D eigenvalue weighted by Gasteiger charge is -2.38. The molecule has 0 aromatic heterocycles. The van der Waals surface area contributed by atoms with Crippen molar-refractivity contribution < 1.29 is 22.7 Å². The van der Waals surface area contributed by atoms with E-state index in [2.05, 4.69) is 0 Å². The van der Waals surface area contributed by atoms with Gasteiger partial charge >= 0.3 is 0 Å². The van der Waals surface area contributed by atoms with Crippen LogP contribution >= 0.6 is 0 Å². The number of benzene rings is 1. The molecule has 0 radical (unpaired) electrons. The maximum atomic E-state index is 13.0.